The standard InChI is InChI=1S/C22H20N2O4S2/c1-14-3-6-18(11-15(14)2)29-17-7-4-16(5-8-17)24-30(26,27)19-9-10-21-20(12-19)23-22(25)13-28-21/h3-12,24H,13H2,1-2H3,(H,23,25). The van der Waals surface area contributed by atoms with Crippen molar-refractivity contribution in [3.8, 4) is 5.75 Å². The molecule has 0 bridgehead atoms. The Hall–Kier alpha value is -2.97. The molecule has 1 aliphatic heterocycles. The lowest BCUT2D eigenvalue weighted by Crippen LogP contribution is -2.25. The summed E-state index contributed by atoms with van der Waals surface area (Å²) in [6.07, 6.45) is 0. The van der Waals surface area contributed by atoms with Crippen LogP contribution in [0.25, 0.3) is 0 Å². The van der Waals surface area contributed by atoms with Gasteiger partial charge in [0.2, 0.25) is 0 Å². The fourth-order valence-electron chi connectivity index (χ4n) is 2.95. The van der Waals surface area contributed by atoms with Crippen LogP contribution in [-0.4, -0.2) is 20.9 Å². The second kappa shape index (κ2) is 8.04. The number of amides is 1. The molecule has 3 aromatic carbocycles. The average molecular weight is 441 g/mol. The molecule has 4 rings (SSSR count). The van der Waals surface area contributed by atoms with Gasteiger partial charge >= 0.3 is 0 Å². The molecular formula is C22H20N2O4S2. The second-order valence-corrected chi connectivity index (χ2v) is 9.80. The van der Waals surface area contributed by atoms with E-state index in [4.69, 9.17) is 4.74 Å². The van der Waals surface area contributed by atoms with Crippen molar-refractivity contribution in [3.63, 3.8) is 0 Å². The molecule has 6 nitrogen and oxygen atoms in total. The van der Waals surface area contributed by atoms with Gasteiger partial charge in [0.25, 0.3) is 15.9 Å². The van der Waals surface area contributed by atoms with Crippen molar-refractivity contribution in [3.05, 3.63) is 71.8 Å². The molecule has 2 N–H and O–H groups in total. The van der Waals surface area contributed by atoms with E-state index >= 15 is 0 Å². The first-order valence-corrected chi connectivity index (χ1v) is 11.5. The highest BCUT2D eigenvalue weighted by atomic mass is 32.2. The summed E-state index contributed by atoms with van der Waals surface area (Å²) in [5.41, 5.74) is 3.28. The number of aryl methyl sites for hydroxylation is 2. The number of fused-ring (bicyclic) bond motifs is 1. The number of sulfonamides is 1. The van der Waals surface area contributed by atoms with Crippen LogP contribution in [0, 0.1) is 13.8 Å². The molecular weight excluding hydrogens is 420 g/mol. The molecule has 3 aromatic rings. The van der Waals surface area contributed by atoms with Crippen LogP contribution in [0.15, 0.2) is 75.4 Å². The van der Waals surface area contributed by atoms with Gasteiger partial charge in [-0.05, 0) is 79.6 Å². The molecule has 1 aliphatic rings. The van der Waals surface area contributed by atoms with E-state index < -0.39 is 10.0 Å². The highest BCUT2D eigenvalue weighted by molar-refractivity contribution is 7.99. The minimum atomic E-state index is -3.81. The van der Waals surface area contributed by atoms with Crippen molar-refractivity contribution < 1.29 is 17.9 Å². The molecule has 0 saturated carbocycles. The minimum Gasteiger partial charge on any atom is -0.482 e. The van der Waals surface area contributed by atoms with Gasteiger partial charge in [0.1, 0.15) is 5.75 Å². The summed E-state index contributed by atoms with van der Waals surface area (Å²) >= 11 is 1.62. The number of carbonyl (C=O) groups is 1. The quantitative estimate of drug-likeness (QED) is 0.606. The van der Waals surface area contributed by atoms with Crippen molar-refractivity contribution in [2.75, 3.05) is 16.6 Å². The summed E-state index contributed by atoms with van der Waals surface area (Å²) in [5.74, 6) is 0.128. The van der Waals surface area contributed by atoms with Gasteiger partial charge in [-0.2, -0.15) is 0 Å². The lowest BCUT2D eigenvalue weighted by molar-refractivity contribution is -0.118. The first kappa shape index (κ1) is 20.3. The van der Waals surface area contributed by atoms with Crippen LogP contribution in [0.2, 0.25) is 0 Å². The van der Waals surface area contributed by atoms with Gasteiger partial charge < -0.3 is 10.1 Å². The van der Waals surface area contributed by atoms with Gasteiger partial charge in [0.05, 0.1) is 10.6 Å². The second-order valence-electron chi connectivity index (χ2n) is 6.97. The van der Waals surface area contributed by atoms with E-state index in [1.807, 2.05) is 12.1 Å². The number of benzene rings is 3. The SMILES string of the molecule is Cc1ccc(Sc2ccc(NS(=O)(=O)c3ccc4c(c3)NC(=O)CO4)cc2)cc1C. The molecule has 0 spiro atoms. The largest absolute Gasteiger partial charge is 0.482 e. The predicted molar refractivity (Wildman–Crippen MR) is 118 cm³/mol. The lowest BCUT2D eigenvalue weighted by Gasteiger charge is -2.18. The third kappa shape index (κ3) is 4.44. The Balaban J connectivity index is 1.49. The van der Waals surface area contributed by atoms with E-state index in [9.17, 15) is 13.2 Å². The lowest BCUT2D eigenvalue weighted by atomic mass is 10.1. The number of anilines is 2. The maximum absolute atomic E-state index is 12.7. The number of rotatable bonds is 5. The van der Waals surface area contributed by atoms with Gasteiger partial charge in [-0.15, -0.1) is 0 Å². The van der Waals surface area contributed by atoms with Gasteiger partial charge in [-0.3, -0.25) is 9.52 Å². The van der Waals surface area contributed by atoms with E-state index in [0.29, 0.717) is 17.1 Å². The monoisotopic (exact) mass is 440 g/mol. The van der Waals surface area contributed by atoms with Gasteiger partial charge in [-0.1, -0.05) is 17.8 Å². The Morgan fingerprint density at radius 1 is 0.933 bits per heavy atom. The molecule has 0 fully saturated rings. The molecule has 0 aliphatic carbocycles. The Morgan fingerprint density at radius 3 is 2.40 bits per heavy atom. The van der Waals surface area contributed by atoms with Gasteiger partial charge in [0, 0.05) is 15.5 Å². The molecule has 0 aromatic heterocycles. The number of ether oxygens (including phenoxy) is 1. The Kier molecular flexibility index (Phi) is 5.44. The molecule has 30 heavy (non-hydrogen) atoms. The number of hydrogen-bond donors (Lipinski definition) is 2. The molecule has 1 heterocycles. The van der Waals surface area contributed by atoms with Gasteiger partial charge in [-0.25, -0.2) is 8.42 Å². The smallest absolute Gasteiger partial charge is 0.262 e. The summed E-state index contributed by atoms with van der Waals surface area (Å²) in [7, 11) is -3.81. The molecule has 0 saturated heterocycles. The maximum Gasteiger partial charge on any atom is 0.262 e. The van der Waals surface area contributed by atoms with E-state index in [-0.39, 0.29) is 17.4 Å². The molecule has 0 atom stereocenters. The summed E-state index contributed by atoms with van der Waals surface area (Å²) < 4.78 is 33.3. The molecule has 154 valence electrons. The van der Waals surface area contributed by atoms with Gasteiger partial charge in [0.15, 0.2) is 6.61 Å². The van der Waals surface area contributed by atoms with Crippen molar-refractivity contribution in [1.29, 1.82) is 0 Å². The van der Waals surface area contributed by atoms with Crippen LogP contribution in [0.3, 0.4) is 0 Å². The third-order valence-electron chi connectivity index (χ3n) is 4.71. The van der Waals surface area contributed by atoms with E-state index in [1.165, 1.54) is 29.3 Å². The molecule has 8 heteroatoms. The van der Waals surface area contributed by atoms with Crippen molar-refractivity contribution in [1.82, 2.24) is 0 Å². The molecule has 0 unspecified atom stereocenters. The van der Waals surface area contributed by atoms with Crippen LogP contribution in [0.1, 0.15) is 11.1 Å². The number of hydrogen-bond acceptors (Lipinski definition) is 5. The summed E-state index contributed by atoms with van der Waals surface area (Å²) in [6, 6.07) is 17.9. The van der Waals surface area contributed by atoms with Crippen LogP contribution < -0.4 is 14.8 Å². The maximum atomic E-state index is 12.7. The zero-order chi connectivity index (χ0) is 21.3. The zero-order valence-corrected chi connectivity index (χ0v) is 18.1. The first-order valence-electron chi connectivity index (χ1n) is 9.25. The minimum absolute atomic E-state index is 0.0423. The summed E-state index contributed by atoms with van der Waals surface area (Å²) in [6.45, 7) is 4.08. The van der Waals surface area contributed by atoms with Crippen molar-refractivity contribution in [2.24, 2.45) is 0 Å². The summed E-state index contributed by atoms with van der Waals surface area (Å²) in [5, 5.41) is 2.62. The Bertz CT molecular complexity index is 1220. The van der Waals surface area contributed by atoms with Crippen molar-refractivity contribution >= 4 is 39.1 Å². The van der Waals surface area contributed by atoms with E-state index in [2.05, 4.69) is 42.1 Å². The highest BCUT2D eigenvalue weighted by Crippen LogP contribution is 2.32. The van der Waals surface area contributed by atoms with Crippen molar-refractivity contribution in [2.45, 2.75) is 28.5 Å². The average Bonchev–Trinajstić information content (AvgIpc) is 2.71. The Labute approximate surface area is 179 Å². The summed E-state index contributed by atoms with van der Waals surface area (Å²) in [4.78, 5) is 13.7. The third-order valence-corrected chi connectivity index (χ3v) is 7.09. The molecule has 1 amide bonds. The number of carbonyl (C=O) groups excluding carboxylic acids is 1. The fraction of sp³-hybridized carbons (Fsp3) is 0.136. The topological polar surface area (TPSA) is 84.5 Å². The fourth-order valence-corrected chi connectivity index (χ4v) is 4.95. The normalized spacial score (nSPS) is 13.2. The van der Waals surface area contributed by atoms with Crippen LogP contribution in [-0.2, 0) is 14.8 Å². The Morgan fingerprint density at radius 2 is 1.67 bits per heavy atom. The van der Waals surface area contributed by atoms with Crippen LogP contribution in [0.5, 0.6) is 5.75 Å². The number of nitrogens with one attached hydrogen (secondary N) is 2. The van der Waals surface area contributed by atoms with E-state index in [0.717, 1.165) is 9.79 Å². The zero-order valence-electron chi connectivity index (χ0n) is 16.4. The predicted octanol–water partition coefficient (Wildman–Crippen LogP) is 4.59. The molecule has 0 radical (unpaired) electrons. The first-order chi connectivity index (χ1) is 14.3. The van der Waals surface area contributed by atoms with Crippen LogP contribution >= 0.6 is 11.8 Å². The van der Waals surface area contributed by atoms with E-state index in [1.54, 1.807) is 23.9 Å². The van der Waals surface area contributed by atoms with Crippen LogP contribution in [0.4, 0.5) is 11.4 Å². The highest BCUT2D eigenvalue weighted by Gasteiger charge is 2.21.